The van der Waals surface area contributed by atoms with Gasteiger partial charge in [0.15, 0.2) is 0 Å². The van der Waals surface area contributed by atoms with Crippen LogP contribution in [0.4, 0.5) is 0 Å². The molecule has 0 aliphatic carbocycles. The predicted octanol–water partition coefficient (Wildman–Crippen LogP) is 0.988. The molecule has 0 aromatic carbocycles. The lowest BCUT2D eigenvalue weighted by Gasteiger charge is -2.28. The Morgan fingerprint density at radius 3 is 2.92 bits per heavy atom. The molecule has 0 aromatic rings. The number of amides is 1. The second kappa shape index (κ2) is 4.86. The fraction of sp³-hybridized carbons (Fsp3) is 0.889. The minimum absolute atomic E-state index is 0.0161. The van der Waals surface area contributed by atoms with Crippen molar-refractivity contribution in [1.29, 1.82) is 0 Å². The quantitative estimate of drug-likeness (QED) is 0.657. The van der Waals surface area contributed by atoms with Gasteiger partial charge in [0, 0.05) is 12.6 Å². The first-order chi connectivity index (χ1) is 6.09. The minimum Gasteiger partial charge on any atom is -0.378 e. The number of carbonyl (C=O) groups excluding carboxylic acids is 1. The Balaban J connectivity index is 2.31. The summed E-state index contributed by atoms with van der Waals surface area (Å²) in [6, 6.07) is 0.269. The lowest BCUT2D eigenvalue weighted by molar-refractivity contribution is -0.121. The summed E-state index contributed by atoms with van der Waals surface area (Å²) in [5.74, 6) is 0.0161. The lowest BCUT2D eigenvalue weighted by Crippen LogP contribution is -2.43. The van der Waals surface area contributed by atoms with E-state index in [9.17, 15) is 4.79 Å². The van der Waals surface area contributed by atoms with Gasteiger partial charge in [-0.3, -0.25) is 4.79 Å². The van der Waals surface area contributed by atoms with Gasteiger partial charge >= 0.3 is 0 Å². The maximum atomic E-state index is 11.3. The molecule has 3 atom stereocenters. The highest BCUT2D eigenvalue weighted by atomic mass is 32.1. The molecule has 0 bridgehead atoms. The molecule has 0 spiro atoms. The summed E-state index contributed by atoms with van der Waals surface area (Å²) >= 11 is 4.07. The molecule has 0 aromatic heterocycles. The highest BCUT2D eigenvalue weighted by Gasteiger charge is 2.21. The smallest absolute Gasteiger partial charge is 0.232 e. The predicted molar refractivity (Wildman–Crippen MR) is 55.0 cm³/mol. The highest BCUT2D eigenvalue weighted by molar-refractivity contribution is 7.81. The molecule has 1 rings (SSSR count). The lowest BCUT2D eigenvalue weighted by atomic mass is 10.0. The number of hydrogen-bond donors (Lipinski definition) is 2. The van der Waals surface area contributed by atoms with E-state index in [-0.39, 0.29) is 23.3 Å². The Bertz CT molecular complexity index is 184. The second-order valence-electron chi connectivity index (χ2n) is 3.59. The molecule has 13 heavy (non-hydrogen) atoms. The van der Waals surface area contributed by atoms with Crippen LogP contribution in [-0.2, 0) is 9.53 Å². The molecule has 1 N–H and O–H groups in total. The molecule has 1 fully saturated rings. The Morgan fingerprint density at radius 1 is 1.69 bits per heavy atom. The van der Waals surface area contributed by atoms with E-state index < -0.39 is 0 Å². The average molecular weight is 203 g/mol. The van der Waals surface area contributed by atoms with Crippen LogP contribution in [0.3, 0.4) is 0 Å². The molecule has 1 aliphatic rings. The number of thiol groups is 1. The molecular weight excluding hydrogens is 186 g/mol. The molecule has 1 heterocycles. The standard InChI is InChI=1S/C9H17NO2S/c1-6-5-8(3-4-12-6)10-9(11)7(2)13/h6-8,13H,3-5H2,1-2H3,(H,10,11). The summed E-state index contributed by atoms with van der Waals surface area (Å²) in [6.07, 6.45) is 2.08. The molecule has 0 saturated carbocycles. The molecule has 1 saturated heterocycles. The van der Waals surface area contributed by atoms with Gasteiger partial charge in [-0.2, -0.15) is 12.6 Å². The first kappa shape index (κ1) is 10.9. The Morgan fingerprint density at radius 2 is 2.38 bits per heavy atom. The highest BCUT2D eigenvalue weighted by Crippen LogP contribution is 2.13. The summed E-state index contributed by atoms with van der Waals surface area (Å²) in [5, 5.41) is 2.73. The van der Waals surface area contributed by atoms with Crippen LogP contribution in [0, 0.1) is 0 Å². The van der Waals surface area contributed by atoms with Gasteiger partial charge in [0.1, 0.15) is 0 Å². The molecule has 3 unspecified atom stereocenters. The zero-order valence-corrected chi connectivity index (χ0v) is 9.01. The van der Waals surface area contributed by atoms with E-state index in [1.54, 1.807) is 6.92 Å². The van der Waals surface area contributed by atoms with Crippen molar-refractivity contribution in [3.05, 3.63) is 0 Å². The van der Waals surface area contributed by atoms with Crippen molar-refractivity contribution >= 4 is 18.5 Å². The van der Waals surface area contributed by atoms with Crippen molar-refractivity contribution in [2.75, 3.05) is 6.61 Å². The van der Waals surface area contributed by atoms with E-state index in [0.717, 1.165) is 19.4 Å². The van der Waals surface area contributed by atoms with Gasteiger partial charge in [-0.25, -0.2) is 0 Å². The Labute approximate surface area is 84.6 Å². The number of carbonyl (C=O) groups is 1. The zero-order valence-electron chi connectivity index (χ0n) is 8.12. The molecule has 0 radical (unpaired) electrons. The first-order valence-electron chi connectivity index (χ1n) is 4.69. The van der Waals surface area contributed by atoms with Crippen LogP contribution in [-0.4, -0.2) is 29.9 Å². The number of hydrogen-bond acceptors (Lipinski definition) is 3. The minimum atomic E-state index is -0.224. The van der Waals surface area contributed by atoms with Crippen molar-refractivity contribution in [2.45, 2.75) is 44.1 Å². The third-order valence-corrected chi connectivity index (χ3v) is 2.45. The van der Waals surface area contributed by atoms with Crippen LogP contribution in [0.2, 0.25) is 0 Å². The van der Waals surface area contributed by atoms with Crippen LogP contribution < -0.4 is 5.32 Å². The summed E-state index contributed by atoms with van der Waals surface area (Å²) < 4.78 is 5.38. The van der Waals surface area contributed by atoms with Gasteiger partial charge in [-0.15, -0.1) is 0 Å². The second-order valence-corrected chi connectivity index (χ2v) is 4.36. The fourth-order valence-electron chi connectivity index (χ4n) is 1.45. The van der Waals surface area contributed by atoms with E-state index >= 15 is 0 Å². The average Bonchev–Trinajstić information content (AvgIpc) is 2.04. The van der Waals surface area contributed by atoms with Gasteiger partial charge in [-0.05, 0) is 26.7 Å². The molecule has 3 nitrogen and oxygen atoms in total. The Hall–Kier alpha value is -0.220. The van der Waals surface area contributed by atoms with Gasteiger partial charge in [0.05, 0.1) is 11.4 Å². The Kier molecular flexibility index (Phi) is 4.06. The first-order valence-corrected chi connectivity index (χ1v) is 5.21. The maximum absolute atomic E-state index is 11.3. The topological polar surface area (TPSA) is 38.3 Å². The van der Waals surface area contributed by atoms with Crippen molar-refractivity contribution in [2.24, 2.45) is 0 Å². The van der Waals surface area contributed by atoms with Crippen molar-refractivity contribution in [3.63, 3.8) is 0 Å². The van der Waals surface area contributed by atoms with Gasteiger partial charge in [0.2, 0.25) is 5.91 Å². The largest absolute Gasteiger partial charge is 0.378 e. The van der Waals surface area contributed by atoms with Crippen LogP contribution in [0.25, 0.3) is 0 Å². The van der Waals surface area contributed by atoms with Crippen molar-refractivity contribution in [1.82, 2.24) is 5.32 Å². The third-order valence-electron chi connectivity index (χ3n) is 2.21. The summed E-state index contributed by atoms with van der Waals surface area (Å²) in [4.78, 5) is 11.3. The van der Waals surface area contributed by atoms with E-state index in [0.29, 0.717) is 0 Å². The van der Waals surface area contributed by atoms with Crippen molar-refractivity contribution < 1.29 is 9.53 Å². The van der Waals surface area contributed by atoms with E-state index in [1.165, 1.54) is 0 Å². The third kappa shape index (κ3) is 3.56. The molecule has 1 amide bonds. The monoisotopic (exact) mass is 203 g/mol. The van der Waals surface area contributed by atoms with E-state index in [2.05, 4.69) is 17.9 Å². The molecule has 4 heteroatoms. The van der Waals surface area contributed by atoms with E-state index in [4.69, 9.17) is 4.74 Å². The maximum Gasteiger partial charge on any atom is 0.232 e. The van der Waals surface area contributed by atoms with Gasteiger partial charge in [-0.1, -0.05) is 0 Å². The summed E-state index contributed by atoms with van der Waals surface area (Å²) in [6.45, 7) is 4.55. The molecule has 76 valence electrons. The van der Waals surface area contributed by atoms with Crippen LogP contribution in [0.15, 0.2) is 0 Å². The van der Waals surface area contributed by atoms with Crippen LogP contribution in [0.5, 0.6) is 0 Å². The molecular formula is C9H17NO2S. The van der Waals surface area contributed by atoms with Gasteiger partial charge < -0.3 is 10.1 Å². The SMILES string of the molecule is CC1CC(NC(=O)C(C)S)CCO1. The van der Waals surface area contributed by atoms with Gasteiger partial charge in [0.25, 0.3) is 0 Å². The number of ether oxygens (including phenoxy) is 1. The molecule has 1 aliphatic heterocycles. The normalized spacial score (nSPS) is 31.0. The van der Waals surface area contributed by atoms with Crippen molar-refractivity contribution in [3.8, 4) is 0 Å². The number of rotatable bonds is 2. The summed E-state index contributed by atoms with van der Waals surface area (Å²) in [5.41, 5.74) is 0. The summed E-state index contributed by atoms with van der Waals surface area (Å²) in [7, 11) is 0. The fourth-order valence-corrected chi connectivity index (χ4v) is 1.53. The number of nitrogens with one attached hydrogen (secondary N) is 1. The van der Waals surface area contributed by atoms with Crippen LogP contribution >= 0.6 is 12.6 Å². The van der Waals surface area contributed by atoms with E-state index in [1.807, 2.05) is 6.92 Å². The van der Waals surface area contributed by atoms with Crippen LogP contribution in [0.1, 0.15) is 26.7 Å². The zero-order chi connectivity index (χ0) is 9.84.